The van der Waals surface area contributed by atoms with Crippen molar-refractivity contribution in [3.05, 3.63) is 80.1 Å². The van der Waals surface area contributed by atoms with Crippen molar-refractivity contribution in [1.82, 2.24) is 5.32 Å². The summed E-state index contributed by atoms with van der Waals surface area (Å²) in [4.78, 5) is 21.8. The Kier molecular flexibility index (Phi) is 5.59. The van der Waals surface area contributed by atoms with Crippen LogP contribution < -0.4 is 5.32 Å². The molecule has 7 heteroatoms. The van der Waals surface area contributed by atoms with Crippen LogP contribution in [-0.4, -0.2) is 10.8 Å². The van der Waals surface area contributed by atoms with Gasteiger partial charge in [-0.15, -0.1) is 0 Å². The molecule has 2 rings (SSSR count). The largest absolute Gasteiger partial charge is 0.348 e. The number of hydrogen-bond acceptors (Lipinski definition) is 3. The molecule has 2 aromatic rings. The van der Waals surface area contributed by atoms with E-state index in [1.54, 1.807) is 24.3 Å². The average Bonchev–Trinajstić information content (AvgIpc) is 2.54. The van der Waals surface area contributed by atoms with Crippen LogP contribution in [0.2, 0.25) is 0 Å². The van der Waals surface area contributed by atoms with E-state index in [4.69, 9.17) is 0 Å². The SMILES string of the molecule is O=C(/C=C/c1cc(Br)ccc1F)NCc1ccc([N+](=O)[O-])cc1. The summed E-state index contributed by atoms with van der Waals surface area (Å²) in [5.41, 5.74) is 1.01. The summed E-state index contributed by atoms with van der Waals surface area (Å²) in [5.74, 6) is -0.810. The molecule has 0 fully saturated rings. The number of rotatable bonds is 5. The molecule has 23 heavy (non-hydrogen) atoms. The lowest BCUT2D eigenvalue weighted by atomic mass is 10.2. The van der Waals surface area contributed by atoms with Gasteiger partial charge in [0, 0.05) is 34.8 Å². The van der Waals surface area contributed by atoms with E-state index in [1.165, 1.54) is 30.4 Å². The molecule has 1 N–H and O–H groups in total. The van der Waals surface area contributed by atoms with Crippen molar-refractivity contribution < 1.29 is 14.1 Å². The third kappa shape index (κ3) is 5.00. The van der Waals surface area contributed by atoms with E-state index in [2.05, 4.69) is 21.2 Å². The Bertz CT molecular complexity index is 760. The van der Waals surface area contributed by atoms with Gasteiger partial charge >= 0.3 is 0 Å². The molecule has 0 saturated heterocycles. The van der Waals surface area contributed by atoms with Gasteiger partial charge in [-0.2, -0.15) is 0 Å². The van der Waals surface area contributed by atoms with Crippen molar-refractivity contribution >= 4 is 33.6 Å². The van der Waals surface area contributed by atoms with Gasteiger partial charge < -0.3 is 5.32 Å². The number of nitrogens with one attached hydrogen (secondary N) is 1. The first kappa shape index (κ1) is 16.8. The number of nitrogens with zero attached hydrogens (tertiary/aromatic N) is 1. The monoisotopic (exact) mass is 378 g/mol. The lowest BCUT2D eigenvalue weighted by Crippen LogP contribution is -2.20. The molecule has 1 amide bonds. The average molecular weight is 379 g/mol. The lowest BCUT2D eigenvalue weighted by Gasteiger charge is -2.02. The molecule has 0 aliphatic carbocycles. The molecule has 0 saturated carbocycles. The van der Waals surface area contributed by atoms with Gasteiger partial charge in [0.15, 0.2) is 0 Å². The lowest BCUT2D eigenvalue weighted by molar-refractivity contribution is -0.384. The van der Waals surface area contributed by atoms with Crippen LogP contribution in [0.5, 0.6) is 0 Å². The molecular formula is C16H12BrFN2O3. The fourth-order valence-electron chi connectivity index (χ4n) is 1.79. The molecule has 0 spiro atoms. The first-order chi connectivity index (χ1) is 11.0. The smallest absolute Gasteiger partial charge is 0.269 e. The summed E-state index contributed by atoms with van der Waals surface area (Å²) in [6.45, 7) is 0.224. The third-order valence-electron chi connectivity index (χ3n) is 2.99. The maximum atomic E-state index is 13.5. The minimum Gasteiger partial charge on any atom is -0.348 e. The van der Waals surface area contributed by atoms with E-state index in [1.807, 2.05) is 0 Å². The second-order valence-corrected chi connectivity index (χ2v) is 5.56. The Balaban J connectivity index is 1.93. The number of nitro groups is 1. The highest BCUT2D eigenvalue weighted by atomic mass is 79.9. The molecule has 0 heterocycles. The van der Waals surface area contributed by atoms with E-state index in [-0.39, 0.29) is 18.1 Å². The zero-order chi connectivity index (χ0) is 16.8. The summed E-state index contributed by atoms with van der Waals surface area (Å²) in [6, 6.07) is 10.3. The Morgan fingerprint density at radius 2 is 1.96 bits per heavy atom. The van der Waals surface area contributed by atoms with Crippen molar-refractivity contribution in [3.63, 3.8) is 0 Å². The number of non-ortho nitro benzene ring substituents is 1. The van der Waals surface area contributed by atoms with Crippen LogP contribution in [0.3, 0.4) is 0 Å². The fraction of sp³-hybridized carbons (Fsp3) is 0.0625. The summed E-state index contributed by atoms with van der Waals surface area (Å²) in [5, 5.41) is 13.2. The standard InChI is InChI=1S/C16H12BrFN2O3/c17-13-4-7-15(18)12(9-13)3-8-16(21)19-10-11-1-5-14(6-2-11)20(22)23/h1-9H,10H2,(H,19,21)/b8-3+. The fourth-order valence-corrected chi connectivity index (χ4v) is 2.17. The Labute approximate surface area is 140 Å². The maximum absolute atomic E-state index is 13.5. The number of carbonyl (C=O) groups excluding carboxylic acids is 1. The third-order valence-corrected chi connectivity index (χ3v) is 3.48. The summed E-state index contributed by atoms with van der Waals surface area (Å²) < 4.78 is 14.2. The molecule has 0 unspecified atom stereocenters. The number of carbonyl (C=O) groups is 1. The summed E-state index contributed by atoms with van der Waals surface area (Å²) in [7, 11) is 0. The molecule has 0 radical (unpaired) electrons. The maximum Gasteiger partial charge on any atom is 0.269 e. The first-order valence-corrected chi connectivity index (χ1v) is 7.39. The van der Waals surface area contributed by atoms with E-state index < -0.39 is 10.7 Å². The molecule has 0 aromatic heterocycles. The van der Waals surface area contributed by atoms with Crippen molar-refractivity contribution in [2.75, 3.05) is 0 Å². The minimum atomic E-state index is -0.488. The van der Waals surface area contributed by atoms with Gasteiger partial charge in [-0.3, -0.25) is 14.9 Å². The zero-order valence-corrected chi connectivity index (χ0v) is 13.4. The van der Waals surface area contributed by atoms with Crippen molar-refractivity contribution in [1.29, 1.82) is 0 Å². The molecule has 118 valence electrons. The van der Waals surface area contributed by atoms with Crippen LogP contribution in [-0.2, 0) is 11.3 Å². The van der Waals surface area contributed by atoms with Crippen molar-refractivity contribution in [2.24, 2.45) is 0 Å². The number of benzene rings is 2. The van der Waals surface area contributed by atoms with Crippen molar-refractivity contribution in [3.8, 4) is 0 Å². The van der Waals surface area contributed by atoms with E-state index >= 15 is 0 Å². The second-order valence-electron chi connectivity index (χ2n) is 4.64. The molecule has 2 aromatic carbocycles. The molecular weight excluding hydrogens is 367 g/mol. The zero-order valence-electron chi connectivity index (χ0n) is 11.8. The van der Waals surface area contributed by atoms with E-state index in [0.29, 0.717) is 10.0 Å². The minimum absolute atomic E-state index is 0.00916. The van der Waals surface area contributed by atoms with E-state index in [9.17, 15) is 19.3 Å². The summed E-state index contributed by atoms with van der Waals surface area (Å²) >= 11 is 3.23. The molecule has 5 nitrogen and oxygen atoms in total. The van der Waals surface area contributed by atoms with Gasteiger partial charge in [0.2, 0.25) is 5.91 Å². The number of nitro benzene ring substituents is 1. The van der Waals surface area contributed by atoms with Crippen LogP contribution >= 0.6 is 15.9 Å². The van der Waals surface area contributed by atoms with Crippen LogP contribution in [0.1, 0.15) is 11.1 Å². The van der Waals surface area contributed by atoms with Crippen LogP contribution in [0.4, 0.5) is 10.1 Å². The van der Waals surface area contributed by atoms with Gasteiger partial charge in [-0.1, -0.05) is 28.1 Å². The molecule has 0 aliphatic heterocycles. The summed E-state index contributed by atoms with van der Waals surface area (Å²) in [6.07, 6.45) is 2.61. The molecule has 0 atom stereocenters. The van der Waals surface area contributed by atoms with Crippen LogP contribution in [0, 0.1) is 15.9 Å². The van der Waals surface area contributed by atoms with Crippen LogP contribution in [0.25, 0.3) is 6.08 Å². The van der Waals surface area contributed by atoms with Crippen LogP contribution in [0.15, 0.2) is 53.0 Å². The normalized spacial score (nSPS) is 10.7. The van der Waals surface area contributed by atoms with Gasteiger partial charge in [-0.05, 0) is 29.8 Å². The number of amides is 1. The first-order valence-electron chi connectivity index (χ1n) is 6.60. The topological polar surface area (TPSA) is 72.2 Å². The van der Waals surface area contributed by atoms with E-state index in [0.717, 1.165) is 5.56 Å². The van der Waals surface area contributed by atoms with Gasteiger partial charge in [0.05, 0.1) is 4.92 Å². The van der Waals surface area contributed by atoms with Crippen molar-refractivity contribution in [2.45, 2.75) is 6.54 Å². The van der Waals surface area contributed by atoms with Gasteiger partial charge in [0.25, 0.3) is 5.69 Å². The second kappa shape index (κ2) is 7.64. The quantitative estimate of drug-likeness (QED) is 0.488. The predicted molar refractivity (Wildman–Crippen MR) is 88.1 cm³/mol. The molecule has 0 aliphatic rings. The van der Waals surface area contributed by atoms with Gasteiger partial charge in [-0.25, -0.2) is 4.39 Å². The predicted octanol–water partition coefficient (Wildman–Crippen LogP) is 3.83. The number of hydrogen-bond donors (Lipinski definition) is 1. The Morgan fingerprint density at radius 1 is 1.26 bits per heavy atom. The highest BCUT2D eigenvalue weighted by Gasteiger charge is 2.04. The number of halogens is 2. The van der Waals surface area contributed by atoms with Gasteiger partial charge in [0.1, 0.15) is 5.82 Å². The Hall–Kier alpha value is -2.54. The highest BCUT2D eigenvalue weighted by Crippen LogP contribution is 2.16. The Morgan fingerprint density at radius 3 is 2.61 bits per heavy atom. The molecule has 0 bridgehead atoms. The highest BCUT2D eigenvalue weighted by molar-refractivity contribution is 9.10.